The molecule has 28 heavy (non-hydrogen) atoms. The Hall–Kier alpha value is -2.49. The Morgan fingerprint density at radius 3 is 2.32 bits per heavy atom. The minimum atomic E-state index is -0.520. The van der Waals surface area contributed by atoms with E-state index in [1.807, 2.05) is 63.2 Å². The first-order valence-electron chi connectivity index (χ1n) is 10.0. The first kappa shape index (κ1) is 21.8. The number of carbonyl (C=O) groups is 1. The monoisotopic (exact) mass is 383 g/mol. The molecule has 1 N–H and O–H groups in total. The summed E-state index contributed by atoms with van der Waals surface area (Å²) in [6, 6.07) is 13.9. The molecule has 2 atom stereocenters. The minimum absolute atomic E-state index is 0.0605. The van der Waals surface area contributed by atoms with Crippen molar-refractivity contribution >= 4 is 5.91 Å². The van der Waals surface area contributed by atoms with E-state index >= 15 is 0 Å². The Bertz CT molecular complexity index is 768. The lowest BCUT2D eigenvalue weighted by molar-refractivity contribution is -0.129. The third kappa shape index (κ3) is 6.01. The molecule has 0 aliphatic carbocycles. The fraction of sp³-hybridized carbons (Fsp3) is 0.458. The topological polar surface area (TPSA) is 47.6 Å². The molecular weight excluding hydrogens is 350 g/mol. The lowest BCUT2D eigenvalue weighted by Crippen LogP contribution is -2.40. The van der Waals surface area contributed by atoms with Crippen LogP contribution in [0.15, 0.2) is 42.5 Å². The Labute approximate surface area is 169 Å². The summed E-state index contributed by atoms with van der Waals surface area (Å²) >= 11 is 0. The molecule has 2 aromatic carbocycles. The fourth-order valence-corrected chi connectivity index (χ4v) is 3.16. The van der Waals surface area contributed by atoms with Crippen molar-refractivity contribution in [2.75, 3.05) is 7.11 Å². The van der Waals surface area contributed by atoms with Crippen molar-refractivity contribution in [1.29, 1.82) is 0 Å². The van der Waals surface area contributed by atoms with Gasteiger partial charge in [-0.2, -0.15) is 0 Å². The van der Waals surface area contributed by atoms with E-state index in [0.29, 0.717) is 12.3 Å². The summed E-state index contributed by atoms with van der Waals surface area (Å²) < 4.78 is 11.3. The van der Waals surface area contributed by atoms with Gasteiger partial charge in [0.2, 0.25) is 0 Å². The van der Waals surface area contributed by atoms with Crippen LogP contribution in [0.2, 0.25) is 0 Å². The maximum Gasteiger partial charge on any atom is 0.261 e. The number of nitrogens with one attached hydrogen (secondary N) is 1. The second-order valence-corrected chi connectivity index (χ2v) is 7.75. The van der Waals surface area contributed by atoms with E-state index in [4.69, 9.17) is 9.47 Å². The Morgan fingerprint density at radius 1 is 1.07 bits per heavy atom. The number of amides is 1. The summed E-state index contributed by atoms with van der Waals surface area (Å²) in [5, 5.41) is 3.20. The van der Waals surface area contributed by atoms with Gasteiger partial charge in [0, 0.05) is 0 Å². The predicted molar refractivity (Wildman–Crippen MR) is 114 cm³/mol. The molecule has 0 radical (unpaired) electrons. The highest BCUT2D eigenvalue weighted by molar-refractivity contribution is 5.81. The standard InChI is InChI=1S/C24H33NO3/c1-7-22(28-23-15-17(4)8-9-18(23)5)24(26)25-21(14-16(2)3)19-10-12-20(27-6)13-11-19/h8-13,15-16,21-22H,7,14H2,1-6H3,(H,25,26)/t21-,22+/m1/s1. The van der Waals surface area contributed by atoms with Gasteiger partial charge in [-0.15, -0.1) is 0 Å². The van der Waals surface area contributed by atoms with Gasteiger partial charge in [0.05, 0.1) is 13.2 Å². The molecule has 2 rings (SSSR count). The van der Waals surface area contributed by atoms with Gasteiger partial charge in [0.1, 0.15) is 11.5 Å². The molecular formula is C24H33NO3. The zero-order valence-corrected chi connectivity index (χ0v) is 17.9. The maximum atomic E-state index is 13.0. The third-order valence-electron chi connectivity index (χ3n) is 4.82. The largest absolute Gasteiger partial charge is 0.497 e. The van der Waals surface area contributed by atoms with Crippen molar-refractivity contribution < 1.29 is 14.3 Å². The predicted octanol–water partition coefficient (Wildman–Crippen LogP) is 5.37. The van der Waals surface area contributed by atoms with Crippen LogP contribution in [0, 0.1) is 19.8 Å². The van der Waals surface area contributed by atoms with Gasteiger partial charge in [-0.3, -0.25) is 4.79 Å². The van der Waals surface area contributed by atoms with E-state index in [0.717, 1.165) is 34.6 Å². The van der Waals surface area contributed by atoms with Gasteiger partial charge in [-0.25, -0.2) is 0 Å². The Morgan fingerprint density at radius 2 is 1.75 bits per heavy atom. The Kier molecular flexibility index (Phi) is 7.91. The molecule has 4 heteroatoms. The summed E-state index contributed by atoms with van der Waals surface area (Å²) in [4.78, 5) is 13.0. The number of hydrogen-bond donors (Lipinski definition) is 1. The van der Waals surface area contributed by atoms with Gasteiger partial charge in [-0.05, 0) is 67.5 Å². The first-order valence-corrected chi connectivity index (χ1v) is 10.0. The molecule has 0 bridgehead atoms. The van der Waals surface area contributed by atoms with E-state index in [9.17, 15) is 4.79 Å². The van der Waals surface area contributed by atoms with E-state index in [1.54, 1.807) is 7.11 Å². The van der Waals surface area contributed by atoms with Gasteiger partial charge in [0.15, 0.2) is 6.10 Å². The van der Waals surface area contributed by atoms with Crippen molar-refractivity contribution in [3.8, 4) is 11.5 Å². The summed E-state index contributed by atoms with van der Waals surface area (Å²) in [5.41, 5.74) is 3.22. The zero-order valence-electron chi connectivity index (χ0n) is 17.9. The Balaban J connectivity index is 2.16. The number of carbonyl (C=O) groups excluding carboxylic acids is 1. The average Bonchev–Trinajstić information content (AvgIpc) is 2.67. The molecule has 0 saturated carbocycles. The SMILES string of the molecule is CC[C@H](Oc1cc(C)ccc1C)C(=O)N[C@H](CC(C)C)c1ccc(OC)cc1. The van der Waals surface area contributed by atoms with Crippen LogP contribution in [0.3, 0.4) is 0 Å². The summed E-state index contributed by atoms with van der Waals surface area (Å²) in [6.45, 7) is 10.3. The number of aryl methyl sites for hydroxylation is 2. The number of benzene rings is 2. The van der Waals surface area contributed by atoms with Gasteiger partial charge < -0.3 is 14.8 Å². The highest BCUT2D eigenvalue weighted by Crippen LogP contribution is 2.25. The quantitative estimate of drug-likeness (QED) is 0.633. The molecule has 0 spiro atoms. The molecule has 0 aromatic heterocycles. The van der Waals surface area contributed by atoms with E-state index in [1.165, 1.54) is 0 Å². The molecule has 0 unspecified atom stereocenters. The van der Waals surface area contributed by atoms with Crippen molar-refractivity contribution in [1.82, 2.24) is 5.32 Å². The van der Waals surface area contributed by atoms with Crippen molar-refractivity contribution in [3.63, 3.8) is 0 Å². The van der Waals surface area contributed by atoms with Crippen LogP contribution in [-0.2, 0) is 4.79 Å². The molecule has 0 saturated heterocycles. The second-order valence-electron chi connectivity index (χ2n) is 7.75. The highest BCUT2D eigenvalue weighted by Gasteiger charge is 2.24. The number of hydrogen-bond acceptors (Lipinski definition) is 3. The third-order valence-corrected chi connectivity index (χ3v) is 4.82. The lowest BCUT2D eigenvalue weighted by atomic mass is 9.96. The van der Waals surface area contributed by atoms with Crippen molar-refractivity contribution in [2.45, 2.75) is 59.6 Å². The molecule has 0 aliphatic heterocycles. The van der Waals surface area contributed by atoms with Gasteiger partial charge in [-0.1, -0.05) is 45.0 Å². The smallest absolute Gasteiger partial charge is 0.261 e. The van der Waals surface area contributed by atoms with Crippen LogP contribution in [0.5, 0.6) is 11.5 Å². The number of rotatable bonds is 9. The molecule has 0 aliphatic rings. The van der Waals surface area contributed by atoms with E-state index in [2.05, 4.69) is 19.2 Å². The normalized spacial score (nSPS) is 13.1. The van der Waals surface area contributed by atoms with Gasteiger partial charge >= 0.3 is 0 Å². The van der Waals surface area contributed by atoms with Gasteiger partial charge in [0.25, 0.3) is 5.91 Å². The molecule has 152 valence electrons. The number of ether oxygens (including phenoxy) is 2. The van der Waals surface area contributed by atoms with E-state index < -0.39 is 6.10 Å². The van der Waals surface area contributed by atoms with Crippen LogP contribution in [0.25, 0.3) is 0 Å². The van der Waals surface area contributed by atoms with E-state index in [-0.39, 0.29) is 11.9 Å². The minimum Gasteiger partial charge on any atom is -0.497 e. The van der Waals surface area contributed by atoms with Crippen LogP contribution >= 0.6 is 0 Å². The molecule has 1 amide bonds. The summed E-state index contributed by atoms with van der Waals surface area (Å²) in [7, 11) is 1.65. The highest BCUT2D eigenvalue weighted by atomic mass is 16.5. The summed E-state index contributed by atoms with van der Waals surface area (Å²) in [5.74, 6) is 1.95. The summed E-state index contributed by atoms with van der Waals surface area (Å²) in [6.07, 6.45) is 0.946. The molecule has 2 aromatic rings. The van der Waals surface area contributed by atoms with Crippen LogP contribution < -0.4 is 14.8 Å². The second kappa shape index (κ2) is 10.2. The lowest BCUT2D eigenvalue weighted by Gasteiger charge is -2.25. The van der Waals surface area contributed by atoms with Crippen molar-refractivity contribution in [3.05, 3.63) is 59.2 Å². The molecule has 0 heterocycles. The van der Waals surface area contributed by atoms with Crippen LogP contribution in [0.1, 0.15) is 56.3 Å². The van der Waals surface area contributed by atoms with Crippen LogP contribution in [0.4, 0.5) is 0 Å². The first-order chi connectivity index (χ1) is 13.3. The van der Waals surface area contributed by atoms with Crippen molar-refractivity contribution in [2.24, 2.45) is 5.92 Å². The zero-order chi connectivity index (χ0) is 20.7. The molecule has 4 nitrogen and oxygen atoms in total. The maximum absolute atomic E-state index is 13.0. The average molecular weight is 384 g/mol. The number of methoxy groups -OCH3 is 1. The molecule has 0 fully saturated rings. The fourth-order valence-electron chi connectivity index (χ4n) is 3.16. The van der Waals surface area contributed by atoms with Crippen LogP contribution in [-0.4, -0.2) is 19.1 Å².